The summed E-state index contributed by atoms with van der Waals surface area (Å²) in [6.07, 6.45) is 4.48. The molecule has 0 saturated heterocycles. The number of carbonyl (C=O) groups is 1. The van der Waals surface area contributed by atoms with Gasteiger partial charge in [0.15, 0.2) is 0 Å². The molecule has 14 heavy (non-hydrogen) atoms. The molecule has 1 heterocycles. The molecular formula is C9H12N2O3. The first-order chi connectivity index (χ1) is 6.67. The predicted molar refractivity (Wildman–Crippen MR) is 49.6 cm³/mol. The Morgan fingerprint density at radius 2 is 2.50 bits per heavy atom. The molecule has 1 aromatic rings. The largest absolute Gasteiger partial charge is 0.515 e. The number of rotatable bonds is 3. The van der Waals surface area contributed by atoms with E-state index in [2.05, 4.69) is 9.84 Å². The van der Waals surface area contributed by atoms with Gasteiger partial charge in [0.25, 0.3) is 0 Å². The zero-order valence-electron chi connectivity index (χ0n) is 8.10. The number of esters is 1. The molecule has 0 fully saturated rings. The summed E-state index contributed by atoms with van der Waals surface area (Å²) in [4.78, 5) is 11.1. The van der Waals surface area contributed by atoms with Gasteiger partial charge in [-0.3, -0.25) is 4.68 Å². The fourth-order valence-electron chi connectivity index (χ4n) is 1.08. The summed E-state index contributed by atoms with van der Waals surface area (Å²) in [6.45, 7) is 0. The van der Waals surface area contributed by atoms with Gasteiger partial charge in [-0.15, -0.1) is 0 Å². The highest BCUT2D eigenvalue weighted by atomic mass is 16.5. The summed E-state index contributed by atoms with van der Waals surface area (Å²) >= 11 is 0. The maximum absolute atomic E-state index is 11.1. The Bertz CT molecular complexity index is 355. The van der Waals surface area contributed by atoms with Gasteiger partial charge in [-0.05, 0) is 5.56 Å². The van der Waals surface area contributed by atoms with Crippen molar-refractivity contribution in [2.75, 3.05) is 7.11 Å². The maximum atomic E-state index is 11.1. The topological polar surface area (TPSA) is 64.3 Å². The molecule has 0 amide bonds. The summed E-state index contributed by atoms with van der Waals surface area (Å²) in [6, 6.07) is 0. The molecule has 1 N–H and O–H groups in total. The number of aliphatic hydroxyl groups excluding tert-OH is 1. The minimum atomic E-state index is -0.531. The molecule has 0 aliphatic carbocycles. The smallest absolute Gasteiger partial charge is 0.337 e. The molecule has 0 aliphatic heterocycles. The third-order valence-corrected chi connectivity index (χ3v) is 1.76. The van der Waals surface area contributed by atoms with Gasteiger partial charge in [-0.1, -0.05) is 0 Å². The van der Waals surface area contributed by atoms with Gasteiger partial charge in [-0.2, -0.15) is 5.10 Å². The highest BCUT2D eigenvalue weighted by molar-refractivity contribution is 5.88. The van der Waals surface area contributed by atoms with E-state index >= 15 is 0 Å². The van der Waals surface area contributed by atoms with Crippen LogP contribution in [0.5, 0.6) is 0 Å². The first kappa shape index (κ1) is 10.3. The van der Waals surface area contributed by atoms with Gasteiger partial charge in [0.2, 0.25) is 0 Å². The Balaban J connectivity index is 2.72. The van der Waals surface area contributed by atoms with Crippen LogP contribution in [-0.4, -0.2) is 28.0 Å². The van der Waals surface area contributed by atoms with E-state index in [9.17, 15) is 4.79 Å². The number of nitrogens with zero attached hydrogens (tertiary/aromatic N) is 2. The van der Waals surface area contributed by atoms with E-state index in [1.165, 1.54) is 7.11 Å². The van der Waals surface area contributed by atoms with Crippen molar-refractivity contribution in [3.63, 3.8) is 0 Å². The van der Waals surface area contributed by atoms with Crippen LogP contribution in [0.25, 0.3) is 0 Å². The number of hydrogen-bond acceptors (Lipinski definition) is 4. The number of aromatic nitrogens is 2. The summed E-state index contributed by atoms with van der Waals surface area (Å²) in [5.41, 5.74) is 1.05. The van der Waals surface area contributed by atoms with Crippen LogP contribution < -0.4 is 0 Å². The monoisotopic (exact) mass is 196 g/mol. The van der Waals surface area contributed by atoms with Crippen molar-refractivity contribution in [2.24, 2.45) is 7.05 Å². The highest BCUT2D eigenvalue weighted by Crippen LogP contribution is 2.07. The first-order valence-corrected chi connectivity index (χ1v) is 4.06. The van der Waals surface area contributed by atoms with Gasteiger partial charge in [-0.25, -0.2) is 4.79 Å². The predicted octanol–water partition coefficient (Wildman–Crippen LogP) is 0.577. The Kier molecular flexibility index (Phi) is 3.28. The minimum absolute atomic E-state index is 0.209. The van der Waals surface area contributed by atoms with E-state index in [1.807, 2.05) is 0 Å². The minimum Gasteiger partial charge on any atom is -0.515 e. The lowest BCUT2D eigenvalue weighted by atomic mass is 10.1. The van der Waals surface area contributed by atoms with Crippen molar-refractivity contribution in [2.45, 2.75) is 6.42 Å². The lowest BCUT2D eigenvalue weighted by molar-refractivity contribution is -0.136. The first-order valence-electron chi connectivity index (χ1n) is 4.06. The number of methoxy groups -OCH3 is 1. The molecule has 1 aromatic heterocycles. The van der Waals surface area contributed by atoms with E-state index < -0.39 is 5.97 Å². The van der Waals surface area contributed by atoms with Crippen molar-refractivity contribution < 1.29 is 14.6 Å². The Morgan fingerprint density at radius 3 is 2.93 bits per heavy atom. The molecule has 5 heteroatoms. The molecule has 5 nitrogen and oxygen atoms in total. The molecule has 0 aromatic carbocycles. The van der Waals surface area contributed by atoms with E-state index in [4.69, 9.17) is 5.11 Å². The molecule has 0 spiro atoms. The number of aliphatic hydroxyl groups is 1. The van der Waals surface area contributed by atoms with Crippen LogP contribution in [0.4, 0.5) is 0 Å². The summed E-state index contributed by atoms with van der Waals surface area (Å²) in [7, 11) is 3.05. The van der Waals surface area contributed by atoms with Gasteiger partial charge in [0.05, 0.1) is 25.1 Å². The fraction of sp³-hybridized carbons (Fsp3) is 0.333. The van der Waals surface area contributed by atoms with E-state index in [-0.39, 0.29) is 5.57 Å². The second-order valence-electron chi connectivity index (χ2n) is 2.84. The molecule has 0 bridgehead atoms. The zero-order chi connectivity index (χ0) is 10.6. The maximum Gasteiger partial charge on any atom is 0.337 e. The zero-order valence-corrected chi connectivity index (χ0v) is 8.10. The Morgan fingerprint density at radius 1 is 1.79 bits per heavy atom. The van der Waals surface area contributed by atoms with Crippen LogP contribution in [0, 0.1) is 0 Å². The molecule has 76 valence electrons. The van der Waals surface area contributed by atoms with E-state index in [0.717, 1.165) is 11.8 Å². The molecule has 0 radical (unpaired) electrons. The number of carbonyl (C=O) groups excluding carboxylic acids is 1. The van der Waals surface area contributed by atoms with Gasteiger partial charge >= 0.3 is 5.97 Å². The lowest BCUT2D eigenvalue weighted by Gasteiger charge is -2.00. The Hall–Kier alpha value is -1.78. The summed E-state index contributed by atoms with van der Waals surface area (Å²) in [5.74, 6) is -0.531. The second-order valence-corrected chi connectivity index (χ2v) is 2.84. The third kappa shape index (κ3) is 2.35. The van der Waals surface area contributed by atoms with Crippen LogP contribution in [0.2, 0.25) is 0 Å². The quantitative estimate of drug-likeness (QED) is 0.436. The third-order valence-electron chi connectivity index (χ3n) is 1.76. The van der Waals surface area contributed by atoms with Crippen molar-refractivity contribution >= 4 is 5.97 Å². The van der Waals surface area contributed by atoms with Crippen molar-refractivity contribution in [3.8, 4) is 0 Å². The van der Waals surface area contributed by atoms with Crippen molar-refractivity contribution in [3.05, 3.63) is 29.8 Å². The number of aryl methyl sites for hydroxylation is 1. The normalized spacial score (nSPS) is 11.4. The SMILES string of the molecule is COC(=O)C(=CO)Cc1cnn(C)c1. The van der Waals surface area contributed by atoms with E-state index in [0.29, 0.717) is 6.42 Å². The van der Waals surface area contributed by atoms with Crippen LogP contribution in [0.1, 0.15) is 5.56 Å². The van der Waals surface area contributed by atoms with Crippen molar-refractivity contribution in [1.29, 1.82) is 0 Å². The van der Waals surface area contributed by atoms with Crippen molar-refractivity contribution in [1.82, 2.24) is 9.78 Å². The second kappa shape index (κ2) is 4.45. The summed E-state index contributed by atoms with van der Waals surface area (Å²) < 4.78 is 6.11. The Labute approximate surface area is 81.6 Å². The molecule has 0 aliphatic rings. The molecule has 0 saturated carbocycles. The van der Waals surface area contributed by atoms with Gasteiger partial charge in [0.1, 0.15) is 0 Å². The van der Waals surface area contributed by atoms with Crippen LogP contribution >= 0.6 is 0 Å². The fourth-order valence-corrected chi connectivity index (χ4v) is 1.08. The standard InChI is InChI=1S/C9H12N2O3/c1-11-5-7(4-10-11)3-8(6-12)9(13)14-2/h4-6,12H,3H2,1-2H3. The summed E-state index contributed by atoms with van der Waals surface area (Å²) in [5, 5.41) is 12.8. The molecular weight excluding hydrogens is 184 g/mol. The van der Waals surface area contributed by atoms with Gasteiger partial charge < -0.3 is 9.84 Å². The van der Waals surface area contributed by atoms with Gasteiger partial charge in [0, 0.05) is 19.7 Å². The van der Waals surface area contributed by atoms with Crippen LogP contribution in [0.3, 0.4) is 0 Å². The molecule has 1 rings (SSSR count). The van der Waals surface area contributed by atoms with Crippen LogP contribution in [0.15, 0.2) is 24.2 Å². The number of hydrogen-bond donors (Lipinski definition) is 1. The molecule has 0 atom stereocenters. The van der Waals surface area contributed by atoms with Crippen LogP contribution in [-0.2, 0) is 23.0 Å². The molecule has 0 unspecified atom stereocenters. The van der Waals surface area contributed by atoms with E-state index in [1.54, 1.807) is 24.1 Å². The average Bonchev–Trinajstić information content (AvgIpc) is 2.59. The lowest BCUT2D eigenvalue weighted by Crippen LogP contribution is -2.07. The number of ether oxygens (including phenoxy) is 1. The average molecular weight is 196 g/mol. The highest BCUT2D eigenvalue weighted by Gasteiger charge is 2.11.